The number of hydrogen-bond acceptors (Lipinski definition) is 7. The number of hydrogen-bond donors (Lipinski definition) is 0. The highest BCUT2D eigenvalue weighted by Gasteiger charge is 2.14. The van der Waals surface area contributed by atoms with Crippen molar-refractivity contribution in [2.45, 2.75) is 6.61 Å². The third-order valence-electron chi connectivity index (χ3n) is 3.28. The third-order valence-corrected chi connectivity index (χ3v) is 3.28. The Balaban J connectivity index is 1.72. The van der Waals surface area contributed by atoms with Crippen molar-refractivity contribution in [2.24, 2.45) is 0 Å². The van der Waals surface area contributed by atoms with Crippen LogP contribution in [0.4, 0.5) is 10.1 Å². The maximum absolute atomic E-state index is 12.9. The van der Waals surface area contributed by atoms with Gasteiger partial charge in [0.25, 0.3) is 11.6 Å². The fourth-order valence-electron chi connectivity index (χ4n) is 2.06. The molecular formula is C16H12FN3O5. The lowest BCUT2D eigenvalue weighted by molar-refractivity contribution is -0.385. The van der Waals surface area contributed by atoms with Gasteiger partial charge < -0.3 is 14.0 Å². The standard InChI is InChI=1S/C16H12FN3O5/c1-23-14-8-12(20(21)22)6-7-13(14)24-9-15-18-16(19-25-15)10-2-4-11(17)5-3-10/h2-8H,9H2,1H3. The van der Waals surface area contributed by atoms with E-state index in [1.807, 2.05) is 0 Å². The van der Waals surface area contributed by atoms with Gasteiger partial charge in [0.05, 0.1) is 18.1 Å². The predicted molar refractivity (Wildman–Crippen MR) is 83.7 cm³/mol. The van der Waals surface area contributed by atoms with Crippen LogP contribution in [-0.4, -0.2) is 22.2 Å². The molecule has 9 heteroatoms. The summed E-state index contributed by atoms with van der Waals surface area (Å²) < 4.78 is 28.6. The summed E-state index contributed by atoms with van der Waals surface area (Å²) in [7, 11) is 1.38. The lowest BCUT2D eigenvalue weighted by Crippen LogP contribution is -1.99. The van der Waals surface area contributed by atoms with E-state index in [0.717, 1.165) is 0 Å². The zero-order valence-electron chi connectivity index (χ0n) is 13.0. The summed E-state index contributed by atoms with van der Waals surface area (Å²) in [6.07, 6.45) is 0. The number of nitrogens with zero attached hydrogens (tertiary/aromatic N) is 3. The number of benzene rings is 2. The molecule has 128 valence electrons. The van der Waals surface area contributed by atoms with Crippen LogP contribution in [0.3, 0.4) is 0 Å². The lowest BCUT2D eigenvalue weighted by atomic mass is 10.2. The molecule has 1 aromatic heterocycles. The van der Waals surface area contributed by atoms with Crippen LogP contribution in [0.2, 0.25) is 0 Å². The average Bonchev–Trinajstić information content (AvgIpc) is 3.09. The van der Waals surface area contributed by atoms with E-state index < -0.39 is 4.92 Å². The zero-order valence-corrected chi connectivity index (χ0v) is 13.0. The highest BCUT2D eigenvalue weighted by atomic mass is 19.1. The minimum atomic E-state index is -0.528. The Morgan fingerprint density at radius 1 is 1.20 bits per heavy atom. The van der Waals surface area contributed by atoms with E-state index in [0.29, 0.717) is 17.1 Å². The topological polar surface area (TPSA) is 101 Å². The number of non-ortho nitro benzene ring substituents is 1. The van der Waals surface area contributed by atoms with Gasteiger partial charge in [0.15, 0.2) is 18.1 Å². The van der Waals surface area contributed by atoms with E-state index in [1.54, 1.807) is 0 Å². The van der Waals surface area contributed by atoms with Crippen molar-refractivity contribution in [3.8, 4) is 22.9 Å². The van der Waals surface area contributed by atoms with Crippen LogP contribution in [0.5, 0.6) is 11.5 Å². The second-order valence-corrected chi connectivity index (χ2v) is 4.90. The van der Waals surface area contributed by atoms with E-state index in [9.17, 15) is 14.5 Å². The summed E-state index contributed by atoms with van der Waals surface area (Å²) in [6, 6.07) is 9.64. The summed E-state index contributed by atoms with van der Waals surface area (Å²) in [5.74, 6) is 0.650. The van der Waals surface area contributed by atoms with Crippen molar-refractivity contribution in [1.82, 2.24) is 10.1 Å². The quantitative estimate of drug-likeness (QED) is 0.498. The molecule has 0 saturated carbocycles. The summed E-state index contributed by atoms with van der Waals surface area (Å²) in [6.45, 7) is -0.0532. The van der Waals surface area contributed by atoms with Crippen LogP contribution in [0.25, 0.3) is 11.4 Å². The first-order valence-electron chi connectivity index (χ1n) is 7.10. The van der Waals surface area contributed by atoms with Gasteiger partial charge in [-0.1, -0.05) is 5.16 Å². The van der Waals surface area contributed by atoms with Gasteiger partial charge in [-0.25, -0.2) is 4.39 Å². The molecule has 0 saturated heterocycles. The van der Waals surface area contributed by atoms with Crippen LogP contribution in [0.15, 0.2) is 47.0 Å². The summed E-state index contributed by atoms with van der Waals surface area (Å²) in [4.78, 5) is 14.4. The SMILES string of the molecule is COc1cc([N+](=O)[O-])ccc1OCc1nc(-c2ccc(F)cc2)no1. The molecule has 3 rings (SSSR count). The fraction of sp³-hybridized carbons (Fsp3) is 0.125. The van der Waals surface area contributed by atoms with Crippen molar-refractivity contribution >= 4 is 5.69 Å². The fourth-order valence-corrected chi connectivity index (χ4v) is 2.06. The Hall–Kier alpha value is -3.49. The smallest absolute Gasteiger partial charge is 0.273 e. The molecule has 0 amide bonds. The predicted octanol–water partition coefficient (Wildman–Crippen LogP) is 3.37. The molecule has 0 N–H and O–H groups in total. The number of rotatable bonds is 6. The number of aromatic nitrogens is 2. The largest absolute Gasteiger partial charge is 0.493 e. The summed E-state index contributed by atoms with van der Waals surface area (Å²) in [5, 5.41) is 14.6. The second kappa shape index (κ2) is 6.95. The Morgan fingerprint density at radius 3 is 2.64 bits per heavy atom. The maximum Gasteiger partial charge on any atom is 0.273 e. The molecule has 0 unspecified atom stereocenters. The van der Waals surface area contributed by atoms with Crippen molar-refractivity contribution in [2.75, 3.05) is 7.11 Å². The van der Waals surface area contributed by atoms with Crippen LogP contribution in [0.1, 0.15) is 5.89 Å². The first kappa shape index (κ1) is 16.4. The minimum absolute atomic E-state index is 0.0532. The number of halogens is 1. The number of methoxy groups -OCH3 is 1. The molecule has 2 aromatic carbocycles. The highest BCUT2D eigenvalue weighted by Crippen LogP contribution is 2.31. The number of nitro benzene ring substituents is 1. The molecule has 0 bridgehead atoms. The van der Waals surface area contributed by atoms with Gasteiger partial charge in [-0.2, -0.15) is 4.98 Å². The Labute approximate surface area is 141 Å². The van der Waals surface area contributed by atoms with Crippen molar-refractivity contribution in [3.05, 3.63) is 64.3 Å². The van der Waals surface area contributed by atoms with E-state index in [1.165, 1.54) is 49.6 Å². The summed E-state index contributed by atoms with van der Waals surface area (Å²) in [5.41, 5.74) is 0.491. The van der Waals surface area contributed by atoms with Gasteiger partial charge in [0, 0.05) is 11.6 Å². The normalized spacial score (nSPS) is 10.5. The molecule has 0 radical (unpaired) electrons. The van der Waals surface area contributed by atoms with Crippen LogP contribution in [-0.2, 0) is 6.61 Å². The van der Waals surface area contributed by atoms with Crippen LogP contribution < -0.4 is 9.47 Å². The molecule has 0 fully saturated rings. The van der Waals surface area contributed by atoms with Crippen molar-refractivity contribution in [3.63, 3.8) is 0 Å². The van der Waals surface area contributed by atoms with Gasteiger partial charge in [-0.15, -0.1) is 0 Å². The molecule has 0 aliphatic carbocycles. The molecule has 0 aliphatic heterocycles. The number of ether oxygens (including phenoxy) is 2. The van der Waals surface area contributed by atoms with E-state index >= 15 is 0 Å². The first-order valence-corrected chi connectivity index (χ1v) is 7.10. The summed E-state index contributed by atoms with van der Waals surface area (Å²) >= 11 is 0. The van der Waals surface area contributed by atoms with E-state index in [2.05, 4.69) is 10.1 Å². The Kier molecular flexibility index (Phi) is 4.55. The minimum Gasteiger partial charge on any atom is -0.493 e. The van der Waals surface area contributed by atoms with Gasteiger partial charge in [-0.05, 0) is 30.3 Å². The zero-order chi connectivity index (χ0) is 17.8. The molecule has 0 spiro atoms. The van der Waals surface area contributed by atoms with E-state index in [-0.39, 0.29) is 29.8 Å². The van der Waals surface area contributed by atoms with Crippen molar-refractivity contribution in [1.29, 1.82) is 0 Å². The maximum atomic E-state index is 12.9. The second-order valence-electron chi connectivity index (χ2n) is 4.90. The van der Waals surface area contributed by atoms with Crippen LogP contribution >= 0.6 is 0 Å². The van der Waals surface area contributed by atoms with E-state index in [4.69, 9.17) is 14.0 Å². The molecule has 25 heavy (non-hydrogen) atoms. The third kappa shape index (κ3) is 3.71. The van der Waals surface area contributed by atoms with Gasteiger partial charge in [0.1, 0.15) is 5.82 Å². The van der Waals surface area contributed by atoms with Crippen LogP contribution in [0, 0.1) is 15.9 Å². The molecular weight excluding hydrogens is 333 g/mol. The van der Waals surface area contributed by atoms with Gasteiger partial charge in [-0.3, -0.25) is 10.1 Å². The molecule has 0 aliphatic rings. The molecule has 3 aromatic rings. The molecule has 1 heterocycles. The van der Waals surface area contributed by atoms with Gasteiger partial charge >= 0.3 is 0 Å². The monoisotopic (exact) mass is 345 g/mol. The average molecular weight is 345 g/mol. The van der Waals surface area contributed by atoms with Gasteiger partial charge in [0.2, 0.25) is 5.82 Å². The first-order chi connectivity index (χ1) is 12.1. The lowest BCUT2D eigenvalue weighted by Gasteiger charge is -2.08. The highest BCUT2D eigenvalue weighted by molar-refractivity contribution is 5.53. The Bertz CT molecular complexity index is 895. The number of nitro groups is 1. The Morgan fingerprint density at radius 2 is 1.96 bits per heavy atom. The molecule has 8 nitrogen and oxygen atoms in total. The van der Waals surface area contributed by atoms with Crippen molar-refractivity contribution < 1.29 is 23.3 Å². The molecule has 0 atom stereocenters.